The molecule has 1 aliphatic heterocycles. The van der Waals surface area contributed by atoms with E-state index in [1.165, 1.54) is 11.3 Å². The molecule has 0 fully saturated rings. The van der Waals surface area contributed by atoms with Gasteiger partial charge in [-0.3, -0.25) is 0 Å². The maximum absolute atomic E-state index is 12.8. The maximum atomic E-state index is 12.8. The second-order valence-electron chi connectivity index (χ2n) is 7.31. The van der Waals surface area contributed by atoms with Crippen molar-refractivity contribution in [2.45, 2.75) is 45.8 Å². The minimum atomic E-state index is -0.242. The minimum absolute atomic E-state index is 0.00414. The number of hydrogen-bond acceptors (Lipinski definition) is 1. The van der Waals surface area contributed by atoms with E-state index in [0.29, 0.717) is 6.54 Å². The number of carbonyl (C=O) groups excluding carboxylic acids is 1. The quantitative estimate of drug-likeness (QED) is 0.856. The molecule has 2 aromatic rings. The van der Waals surface area contributed by atoms with Gasteiger partial charge in [0.05, 0.1) is 6.04 Å². The van der Waals surface area contributed by atoms with Crippen molar-refractivity contribution in [2.24, 2.45) is 0 Å². The molecule has 23 heavy (non-hydrogen) atoms. The smallest absolute Gasteiger partial charge is 0.318 e. The molecule has 1 aliphatic rings. The highest BCUT2D eigenvalue weighted by atomic mass is 16.2. The summed E-state index contributed by atoms with van der Waals surface area (Å²) in [6.07, 6.45) is 2.09. The van der Waals surface area contributed by atoms with Crippen molar-refractivity contribution in [3.05, 3.63) is 59.4 Å². The molecular weight excluding hydrogens is 286 g/mol. The van der Waals surface area contributed by atoms with Crippen LogP contribution in [0.25, 0.3) is 0 Å². The van der Waals surface area contributed by atoms with Crippen molar-refractivity contribution < 1.29 is 4.79 Å². The number of hydrogen-bond donors (Lipinski definition) is 1. The predicted molar refractivity (Wildman–Crippen MR) is 92.4 cm³/mol. The average Bonchev–Trinajstić information content (AvgIpc) is 2.93. The summed E-state index contributed by atoms with van der Waals surface area (Å²) in [6.45, 7) is 9.66. The number of aromatic nitrogens is 1. The molecule has 2 heterocycles. The number of urea groups is 1. The molecule has 0 saturated carbocycles. The summed E-state index contributed by atoms with van der Waals surface area (Å²) in [7, 11) is 0. The van der Waals surface area contributed by atoms with Gasteiger partial charge >= 0.3 is 6.03 Å². The fraction of sp³-hybridized carbons (Fsp3) is 0.421. The third-order valence-electron chi connectivity index (χ3n) is 4.17. The predicted octanol–water partition coefficient (Wildman–Crippen LogP) is 3.71. The Labute approximate surface area is 138 Å². The zero-order chi connectivity index (χ0) is 16.6. The first kappa shape index (κ1) is 15.7. The largest absolute Gasteiger partial charge is 0.348 e. The van der Waals surface area contributed by atoms with Crippen LogP contribution in [0.3, 0.4) is 0 Å². The van der Waals surface area contributed by atoms with Gasteiger partial charge in [0.1, 0.15) is 0 Å². The van der Waals surface area contributed by atoms with Gasteiger partial charge in [0.25, 0.3) is 0 Å². The van der Waals surface area contributed by atoms with E-state index < -0.39 is 0 Å². The third kappa shape index (κ3) is 3.26. The van der Waals surface area contributed by atoms with E-state index in [-0.39, 0.29) is 17.6 Å². The Kier molecular flexibility index (Phi) is 3.92. The molecule has 2 amide bonds. The number of fused-ring (bicyclic) bond motifs is 1. The van der Waals surface area contributed by atoms with Crippen molar-refractivity contribution in [2.75, 3.05) is 6.54 Å². The molecule has 0 radical (unpaired) electrons. The van der Waals surface area contributed by atoms with Gasteiger partial charge < -0.3 is 14.8 Å². The van der Waals surface area contributed by atoms with E-state index >= 15 is 0 Å². The molecule has 0 saturated heterocycles. The molecule has 1 atom stereocenters. The number of amides is 2. The van der Waals surface area contributed by atoms with Gasteiger partial charge in [-0.05, 0) is 45.4 Å². The van der Waals surface area contributed by atoms with Gasteiger partial charge in [0.15, 0.2) is 0 Å². The van der Waals surface area contributed by atoms with Crippen molar-refractivity contribution in [3.8, 4) is 0 Å². The van der Waals surface area contributed by atoms with Gasteiger partial charge in [-0.1, -0.05) is 29.8 Å². The van der Waals surface area contributed by atoms with E-state index in [4.69, 9.17) is 0 Å². The summed E-state index contributed by atoms with van der Waals surface area (Å²) in [5.41, 5.74) is 3.31. The first-order valence-electron chi connectivity index (χ1n) is 8.15. The summed E-state index contributed by atoms with van der Waals surface area (Å²) < 4.78 is 2.24. The van der Waals surface area contributed by atoms with Gasteiger partial charge in [-0.25, -0.2) is 4.79 Å². The summed E-state index contributed by atoms with van der Waals surface area (Å²) in [5, 5.41) is 3.10. The Morgan fingerprint density at radius 2 is 1.83 bits per heavy atom. The van der Waals surface area contributed by atoms with Crippen LogP contribution in [-0.4, -0.2) is 27.6 Å². The first-order valence-corrected chi connectivity index (χ1v) is 8.15. The number of benzene rings is 1. The second-order valence-corrected chi connectivity index (χ2v) is 7.31. The van der Waals surface area contributed by atoms with E-state index in [2.05, 4.69) is 59.4 Å². The molecule has 0 aliphatic carbocycles. The summed E-state index contributed by atoms with van der Waals surface area (Å²) in [6, 6.07) is 12.6. The lowest BCUT2D eigenvalue weighted by Crippen LogP contribution is -2.52. The zero-order valence-corrected chi connectivity index (χ0v) is 14.3. The lowest BCUT2D eigenvalue weighted by atomic mass is 9.99. The van der Waals surface area contributed by atoms with Gasteiger partial charge in [0, 0.05) is 30.5 Å². The van der Waals surface area contributed by atoms with E-state index in [0.717, 1.165) is 12.1 Å². The lowest BCUT2D eigenvalue weighted by Gasteiger charge is -2.39. The molecule has 1 aromatic heterocycles. The Balaban J connectivity index is 1.98. The third-order valence-corrected chi connectivity index (χ3v) is 4.17. The number of aryl methyl sites for hydroxylation is 1. The normalized spacial score (nSPS) is 17.7. The van der Waals surface area contributed by atoms with Crippen molar-refractivity contribution in [1.29, 1.82) is 0 Å². The van der Waals surface area contributed by atoms with Crippen LogP contribution in [0.1, 0.15) is 43.6 Å². The number of nitrogens with one attached hydrogen (secondary N) is 1. The average molecular weight is 311 g/mol. The van der Waals surface area contributed by atoms with Gasteiger partial charge in [-0.2, -0.15) is 0 Å². The molecule has 1 unspecified atom stereocenters. The van der Waals surface area contributed by atoms with Crippen LogP contribution in [0, 0.1) is 6.92 Å². The molecule has 0 spiro atoms. The fourth-order valence-corrected chi connectivity index (χ4v) is 3.09. The Hall–Kier alpha value is -2.23. The van der Waals surface area contributed by atoms with Crippen molar-refractivity contribution >= 4 is 6.03 Å². The van der Waals surface area contributed by atoms with Gasteiger partial charge in [0.2, 0.25) is 0 Å². The standard InChI is InChI=1S/C19H25N3O/c1-14-7-9-15(10-8-14)17-16-6-5-11-21(16)12-13-22(17)18(23)20-19(2,3)4/h5-11,17H,12-13H2,1-4H3,(H,20,23). The molecule has 3 rings (SSSR count). The topological polar surface area (TPSA) is 37.3 Å². The molecule has 4 nitrogen and oxygen atoms in total. The van der Waals surface area contributed by atoms with Crippen LogP contribution in [-0.2, 0) is 6.54 Å². The fourth-order valence-electron chi connectivity index (χ4n) is 3.09. The van der Waals surface area contributed by atoms with E-state index in [9.17, 15) is 4.79 Å². The van der Waals surface area contributed by atoms with E-state index in [1.54, 1.807) is 0 Å². The highest BCUT2D eigenvalue weighted by molar-refractivity contribution is 5.76. The number of carbonyl (C=O) groups is 1. The molecular formula is C19H25N3O. The molecule has 1 aromatic carbocycles. The molecule has 0 bridgehead atoms. The van der Waals surface area contributed by atoms with Crippen molar-refractivity contribution in [3.63, 3.8) is 0 Å². The van der Waals surface area contributed by atoms with Crippen molar-refractivity contribution in [1.82, 2.24) is 14.8 Å². The van der Waals surface area contributed by atoms with Crippen LogP contribution in [0.5, 0.6) is 0 Å². The minimum Gasteiger partial charge on any atom is -0.348 e. The van der Waals surface area contributed by atoms with Crippen LogP contribution in [0.4, 0.5) is 4.79 Å². The lowest BCUT2D eigenvalue weighted by molar-refractivity contribution is 0.161. The van der Waals surface area contributed by atoms with E-state index in [1.807, 2.05) is 25.7 Å². The monoisotopic (exact) mass is 311 g/mol. The van der Waals surface area contributed by atoms with Crippen LogP contribution < -0.4 is 5.32 Å². The number of nitrogens with zero attached hydrogens (tertiary/aromatic N) is 2. The highest BCUT2D eigenvalue weighted by Crippen LogP contribution is 2.32. The Bertz CT molecular complexity index is 694. The zero-order valence-electron chi connectivity index (χ0n) is 14.3. The second kappa shape index (κ2) is 5.76. The van der Waals surface area contributed by atoms with Gasteiger partial charge in [-0.15, -0.1) is 0 Å². The maximum Gasteiger partial charge on any atom is 0.318 e. The van der Waals surface area contributed by atoms with Crippen LogP contribution in [0.2, 0.25) is 0 Å². The van der Waals surface area contributed by atoms with Crippen LogP contribution in [0.15, 0.2) is 42.6 Å². The Morgan fingerprint density at radius 1 is 1.13 bits per heavy atom. The number of rotatable bonds is 1. The van der Waals surface area contributed by atoms with Crippen LogP contribution >= 0.6 is 0 Å². The first-order chi connectivity index (χ1) is 10.8. The highest BCUT2D eigenvalue weighted by Gasteiger charge is 2.33. The Morgan fingerprint density at radius 3 is 2.48 bits per heavy atom. The summed E-state index contributed by atoms with van der Waals surface area (Å²) in [4.78, 5) is 14.8. The molecule has 122 valence electrons. The molecule has 1 N–H and O–H groups in total. The summed E-state index contributed by atoms with van der Waals surface area (Å²) >= 11 is 0. The molecule has 4 heteroatoms. The summed E-state index contributed by atoms with van der Waals surface area (Å²) in [5.74, 6) is 0. The SMILES string of the molecule is Cc1ccc(C2c3cccn3CCN2C(=O)NC(C)(C)C)cc1.